The quantitative estimate of drug-likeness (QED) is 0.540. The van der Waals surface area contributed by atoms with E-state index in [0.717, 1.165) is 4.68 Å². The molecule has 1 aromatic heterocycles. The molecule has 0 spiro atoms. The van der Waals surface area contributed by atoms with Crippen molar-refractivity contribution < 1.29 is 14.3 Å². The van der Waals surface area contributed by atoms with Crippen LogP contribution in [0.1, 0.15) is 10.5 Å². The number of halogens is 2. The summed E-state index contributed by atoms with van der Waals surface area (Å²) < 4.78 is 6.72. The fourth-order valence-corrected chi connectivity index (χ4v) is 3.05. The summed E-state index contributed by atoms with van der Waals surface area (Å²) in [6, 6.07) is 16.4. The lowest BCUT2D eigenvalue weighted by atomic mass is 10.3. The van der Waals surface area contributed by atoms with Crippen molar-refractivity contribution in [2.45, 2.75) is 6.54 Å². The van der Waals surface area contributed by atoms with Crippen molar-refractivity contribution >= 4 is 40.7 Å². The Morgan fingerprint density at radius 3 is 2.53 bits per heavy atom. The predicted molar refractivity (Wildman–Crippen MR) is 122 cm³/mol. The summed E-state index contributed by atoms with van der Waals surface area (Å²) in [6.07, 6.45) is 0. The second-order valence-corrected chi connectivity index (χ2v) is 7.59. The number of para-hydroxylation sites is 1. The lowest BCUT2D eigenvalue weighted by molar-refractivity contribution is -0.116. The third-order valence-corrected chi connectivity index (χ3v) is 5.07. The summed E-state index contributed by atoms with van der Waals surface area (Å²) >= 11 is 11.8. The van der Waals surface area contributed by atoms with Gasteiger partial charge in [-0.1, -0.05) is 41.4 Å². The third kappa shape index (κ3) is 6.32. The number of ether oxygens (including phenoxy) is 1. The van der Waals surface area contributed by atoms with Crippen LogP contribution in [0, 0.1) is 0 Å². The van der Waals surface area contributed by atoms with Crippen molar-refractivity contribution in [3.8, 4) is 5.75 Å². The van der Waals surface area contributed by atoms with E-state index < -0.39 is 11.8 Å². The van der Waals surface area contributed by atoms with Gasteiger partial charge in [-0.3, -0.25) is 14.4 Å². The van der Waals surface area contributed by atoms with Gasteiger partial charge < -0.3 is 15.0 Å². The molecule has 0 aliphatic rings. The van der Waals surface area contributed by atoms with Gasteiger partial charge >= 0.3 is 0 Å². The molecule has 3 rings (SSSR count). The monoisotopic (exact) mass is 474 g/mol. The summed E-state index contributed by atoms with van der Waals surface area (Å²) in [4.78, 5) is 38.2. The van der Waals surface area contributed by atoms with Crippen molar-refractivity contribution in [3.05, 3.63) is 86.8 Å². The van der Waals surface area contributed by atoms with Gasteiger partial charge in [-0.05, 0) is 36.4 Å². The topological polar surface area (TPSA) is 93.5 Å². The Hall–Kier alpha value is -3.36. The maximum atomic E-state index is 12.7. The normalized spacial score (nSPS) is 10.5. The molecule has 1 N–H and O–H groups in total. The number of aromatic nitrogens is 2. The molecule has 0 radical (unpaired) electrons. The highest BCUT2D eigenvalue weighted by molar-refractivity contribution is 6.42. The van der Waals surface area contributed by atoms with Crippen LogP contribution >= 0.6 is 23.2 Å². The zero-order chi connectivity index (χ0) is 23.1. The molecule has 0 unspecified atom stereocenters. The zero-order valence-corrected chi connectivity index (χ0v) is 18.6. The number of nitrogens with one attached hydrogen (secondary N) is 1. The second kappa shape index (κ2) is 10.8. The smallest absolute Gasteiger partial charge is 0.274 e. The Bertz CT molecular complexity index is 1170. The first-order valence-electron chi connectivity index (χ1n) is 9.60. The Balaban J connectivity index is 1.59. The molecule has 0 aliphatic carbocycles. The first-order valence-corrected chi connectivity index (χ1v) is 10.4. The van der Waals surface area contributed by atoms with Crippen molar-refractivity contribution in [3.63, 3.8) is 0 Å². The van der Waals surface area contributed by atoms with Crippen LogP contribution in [-0.4, -0.2) is 46.7 Å². The van der Waals surface area contributed by atoms with Crippen LogP contribution in [0.25, 0.3) is 0 Å². The third-order valence-electron chi connectivity index (χ3n) is 4.33. The van der Waals surface area contributed by atoms with E-state index in [1.54, 1.807) is 24.3 Å². The van der Waals surface area contributed by atoms with Gasteiger partial charge in [0.15, 0.2) is 0 Å². The number of carbonyl (C=O) groups is 2. The average molecular weight is 475 g/mol. The molecule has 0 fully saturated rings. The molecule has 1 heterocycles. The predicted octanol–water partition coefficient (Wildman–Crippen LogP) is 3.34. The van der Waals surface area contributed by atoms with Crippen LogP contribution in [0.4, 0.5) is 5.69 Å². The van der Waals surface area contributed by atoms with Gasteiger partial charge in [0.25, 0.3) is 11.5 Å². The van der Waals surface area contributed by atoms with E-state index in [0.29, 0.717) is 21.5 Å². The van der Waals surface area contributed by atoms with Crippen LogP contribution in [0.5, 0.6) is 5.75 Å². The first kappa shape index (κ1) is 23.3. The van der Waals surface area contributed by atoms with Gasteiger partial charge in [-0.25, -0.2) is 4.68 Å². The van der Waals surface area contributed by atoms with Gasteiger partial charge in [-0.15, -0.1) is 0 Å². The molecule has 0 saturated carbocycles. The van der Waals surface area contributed by atoms with Crippen LogP contribution < -0.4 is 15.6 Å². The van der Waals surface area contributed by atoms with Crippen LogP contribution in [0.3, 0.4) is 0 Å². The molecule has 32 heavy (non-hydrogen) atoms. The molecule has 3 aromatic rings. The largest absolute Gasteiger partial charge is 0.492 e. The Labute approximate surface area is 194 Å². The van der Waals surface area contributed by atoms with Gasteiger partial charge in [0.05, 0.1) is 23.1 Å². The highest BCUT2D eigenvalue weighted by atomic mass is 35.5. The number of rotatable bonds is 8. The van der Waals surface area contributed by atoms with E-state index in [4.69, 9.17) is 27.9 Å². The Morgan fingerprint density at radius 2 is 1.81 bits per heavy atom. The van der Waals surface area contributed by atoms with E-state index >= 15 is 0 Å². The van der Waals surface area contributed by atoms with Gasteiger partial charge in [0.2, 0.25) is 5.91 Å². The second-order valence-electron chi connectivity index (χ2n) is 6.78. The van der Waals surface area contributed by atoms with Gasteiger partial charge in [0, 0.05) is 18.8 Å². The van der Waals surface area contributed by atoms with E-state index in [-0.39, 0.29) is 30.9 Å². The highest BCUT2D eigenvalue weighted by Gasteiger charge is 2.18. The van der Waals surface area contributed by atoms with E-state index in [1.165, 1.54) is 30.1 Å². The summed E-state index contributed by atoms with van der Waals surface area (Å²) in [5.41, 5.74) is 0.128. The minimum atomic E-state index is -0.507. The van der Waals surface area contributed by atoms with Crippen LogP contribution in [0.15, 0.2) is 65.5 Å². The van der Waals surface area contributed by atoms with Crippen molar-refractivity contribution in [2.24, 2.45) is 0 Å². The number of amides is 2. The summed E-state index contributed by atoms with van der Waals surface area (Å²) in [6.45, 7) is 0.143. The maximum Gasteiger partial charge on any atom is 0.274 e. The number of nitrogens with zero attached hydrogens (tertiary/aromatic N) is 3. The summed E-state index contributed by atoms with van der Waals surface area (Å²) in [7, 11) is 1.46. The minimum Gasteiger partial charge on any atom is -0.492 e. The maximum absolute atomic E-state index is 12.7. The molecule has 0 atom stereocenters. The van der Waals surface area contributed by atoms with Crippen molar-refractivity contribution in [1.29, 1.82) is 0 Å². The fraction of sp³-hybridized carbons (Fsp3) is 0.182. The Kier molecular flexibility index (Phi) is 7.86. The Morgan fingerprint density at radius 1 is 1.06 bits per heavy atom. The standard InChI is InChI=1S/C22H20Cl2N4O4/c1-27(14-20(29)25-15-7-8-17(23)18(24)13-15)22(31)19-9-10-21(30)28(26-19)11-12-32-16-5-3-2-4-6-16/h2-10,13H,11-12,14H2,1H3,(H,25,29). The van der Waals surface area contributed by atoms with Gasteiger partial charge in [0.1, 0.15) is 18.1 Å². The molecule has 10 heteroatoms. The molecule has 166 valence electrons. The number of likely N-dealkylation sites (N-methyl/N-ethyl adjacent to an activating group) is 1. The summed E-state index contributed by atoms with van der Waals surface area (Å²) in [5.74, 6) is -0.267. The van der Waals surface area contributed by atoms with E-state index in [9.17, 15) is 14.4 Å². The van der Waals surface area contributed by atoms with Crippen molar-refractivity contribution in [2.75, 3.05) is 25.5 Å². The first-order chi connectivity index (χ1) is 15.3. The molecule has 8 nitrogen and oxygen atoms in total. The van der Waals surface area contributed by atoms with Crippen molar-refractivity contribution in [1.82, 2.24) is 14.7 Å². The molecule has 2 amide bonds. The molecular weight excluding hydrogens is 455 g/mol. The minimum absolute atomic E-state index is 0.0362. The molecule has 2 aromatic carbocycles. The van der Waals surface area contributed by atoms with E-state index in [2.05, 4.69) is 10.4 Å². The summed E-state index contributed by atoms with van der Waals surface area (Å²) in [5, 5.41) is 7.42. The fourth-order valence-electron chi connectivity index (χ4n) is 2.75. The number of benzene rings is 2. The van der Waals surface area contributed by atoms with Crippen LogP contribution in [-0.2, 0) is 11.3 Å². The molecular formula is C22H20Cl2N4O4. The lowest BCUT2D eigenvalue weighted by Gasteiger charge is -2.17. The number of carbonyl (C=O) groups excluding carboxylic acids is 2. The molecule has 0 saturated heterocycles. The molecule has 0 bridgehead atoms. The van der Waals surface area contributed by atoms with Gasteiger partial charge in [-0.2, -0.15) is 5.10 Å². The van der Waals surface area contributed by atoms with E-state index in [1.807, 2.05) is 18.2 Å². The number of hydrogen-bond donors (Lipinski definition) is 1. The number of hydrogen-bond acceptors (Lipinski definition) is 5. The SMILES string of the molecule is CN(CC(=O)Nc1ccc(Cl)c(Cl)c1)C(=O)c1ccc(=O)n(CCOc2ccccc2)n1. The molecule has 0 aliphatic heterocycles. The average Bonchev–Trinajstić information content (AvgIpc) is 2.77. The zero-order valence-electron chi connectivity index (χ0n) is 17.1. The lowest BCUT2D eigenvalue weighted by Crippen LogP contribution is -2.36. The number of anilines is 1. The highest BCUT2D eigenvalue weighted by Crippen LogP contribution is 2.24. The van der Waals surface area contributed by atoms with Crippen LogP contribution in [0.2, 0.25) is 10.0 Å².